The number of hydrogen-bond acceptors (Lipinski definition) is 4. The van der Waals surface area contributed by atoms with Crippen LogP contribution in [0.1, 0.15) is 6.42 Å². The predicted molar refractivity (Wildman–Crippen MR) is 68.5 cm³/mol. The standard InChI is InChI=1S/C10H15IN2O3/c1-15-5-6-16-4-2-3-13-10(14)7-9(11)8-12-13/h7-8H,2-6H2,1H3. The van der Waals surface area contributed by atoms with Crippen LogP contribution in [0.25, 0.3) is 0 Å². The summed E-state index contributed by atoms with van der Waals surface area (Å²) in [5.74, 6) is 0. The maximum absolute atomic E-state index is 11.4. The molecule has 0 atom stereocenters. The summed E-state index contributed by atoms with van der Waals surface area (Å²) in [5.41, 5.74) is -0.0659. The van der Waals surface area contributed by atoms with Gasteiger partial charge in [0.2, 0.25) is 0 Å². The maximum atomic E-state index is 11.4. The van der Waals surface area contributed by atoms with Crippen molar-refractivity contribution >= 4 is 22.6 Å². The molecule has 0 bridgehead atoms. The number of halogens is 1. The molecule has 0 unspecified atom stereocenters. The number of aryl methyl sites for hydroxylation is 1. The Morgan fingerprint density at radius 2 is 2.25 bits per heavy atom. The fourth-order valence-electron chi connectivity index (χ4n) is 1.14. The monoisotopic (exact) mass is 338 g/mol. The number of hydrogen-bond donors (Lipinski definition) is 0. The number of rotatable bonds is 7. The van der Waals surface area contributed by atoms with E-state index in [1.165, 1.54) is 4.68 Å². The van der Waals surface area contributed by atoms with E-state index in [1.807, 2.05) is 0 Å². The molecule has 0 aliphatic carbocycles. The van der Waals surface area contributed by atoms with E-state index in [2.05, 4.69) is 27.7 Å². The molecule has 0 saturated carbocycles. The van der Waals surface area contributed by atoms with Gasteiger partial charge in [-0.25, -0.2) is 4.68 Å². The molecule has 0 radical (unpaired) electrons. The van der Waals surface area contributed by atoms with Crippen LogP contribution in [0.3, 0.4) is 0 Å². The molecule has 1 aromatic rings. The van der Waals surface area contributed by atoms with E-state index in [4.69, 9.17) is 9.47 Å². The van der Waals surface area contributed by atoms with E-state index >= 15 is 0 Å². The molecule has 1 heterocycles. The molecule has 0 fully saturated rings. The number of aromatic nitrogens is 2. The second-order valence-corrected chi connectivity index (χ2v) is 4.44. The first-order valence-corrected chi connectivity index (χ1v) is 6.11. The molecule has 5 nitrogen and oxygen atoms in total. The Bertz CT molecular complexity index is 367. The smallest absolute Gasteiger partial charge is 0.267 e. The largest absolute Gasteiger partial charge is 0.382 e. The van der Waals surface area contributed by atoms with Crippen molar-refractivity contribution < 1.29 is 9.47 Å². The zero-order valence-electron chi connectivity index (χ0n) is 9.19. The van der Waals surface area contributed by atoms with E-state index in [1.54, 1.807) is 19.4 Å². The van der Waals surface area contributed by atoms with Crippen molar-refractivity contribution in [3.8, 4) is 0 Å². The minimum atomic E-state index is -0.0659. The SMILES string of the molecule is COCCOCCCn1ncc(I)cc1=O. The molecule has 1 rings (SSSR count). The van der Waals surface area contributed by atoms with Gasteiger partial charge in [0.15, 0.2) is 0 Å². The highest BCUT2D eigenvalue weighted by Crippen LogP contribution is 1.96. The highest BCUT2D eigenvalue weighted by molar-refractivity contribution is 14.1. The fourth-order valence-corrected chi connectivity index (χ4v) is 1.53. The summed E-state index contributed by atoms with van der Waals surface area (Å²) in [6, 6.07) is 1.57. The summed E-state index contributed by atoms with van der Waals surface area (Å²) >= 11 is 2.07. The van der Waals surface area contributed by atoms with Crippen LogP contribution in [0.4, 0.5) is 0 Å². The van der Waals surface area contributed by atoms with Crippen molar-refractivity contribution in [1.29, 1.82) is 0 Å². The maximum Gasteiger partial charge on any atom is 0.267 e. The van der Waals surface area contributed by atoms with Gasteiger partial charge in [0, 0.05) is 29.9 Å². The van der Waals surface area contributed by atoms with E-state index in [9.17, 15) is 4.79 Å². The zero-order chi connectivity index (χ0) is 11.8. The summed E-state index contributed by atoms with van der Waals surface area (Å²) in [6.07, 6.45) is 2.45. The van der Waals surface area contributed by atoms with Crippen LogP contribution >= 0.6 is 22.6 Å². The van der Waals surface area contributed by atoms with E-state index in [-0.39, 0.29) is 5.56 Å². The second kappa shape index (κ2) is 7.75. The molecule has 1 aromatic heterocycles. The van der Waals surface area contributed by atoms with E-state index in [0.29, 0.717) is 26.4 Å². The van der Waals surface area contributed by atoms with Gasteiger partial charge in [-0.05, 0) is 29.0 Å². The average Bonchev–Trinajstić information content (AvgIpc) is 2.26. The third-order valence-electron chi connectivity index (χ3n) is 1.93. The van der Waals surface area contributed by atoms with Crippen molar-refractivity contribution in [3.05, 3.63) is 26.2 Å². The summed E-state index contributed by atoms with van der Waals surface area (Å²) in [5, 5.41) is 4.03. The second-order valence-electron chi connectivity index (χ2n) is 3.19. The van der Waals surface area contributed by atoms with Gasteiger partial charge in [-0.1, -0.05) is 0 Å². The Kier molecular flexibility index (Phi) is 6.58. The Morgan fingerprint density at radius 3 is 2.94 bits per heavy atom. The van der Waals surface area contributed by atoms with Gasteiger partial charge in [0.25, 0.3) is 5.56 Å². The quantitative estimate of drug-likeness (QED) is 0.548. The summed E-state index contributed by atoms with van der Waals surface area (Å²) in [4.78, 5) is 11.4. The molecule has 90 valence electrons. The molecule has 6 heteroatoms. The Morgan fingerprint density at radius 1 is 1.44 bits per heavy atom. The lowest BCUT2D eigenvalue weighted by Crippen LogP contribution is -2.23. The topological polar surface area (TPSA) is 53.4 Å². The average molecular weight is 338 g/mol. The van der Waals surface area contributed by atoms with Gasteiger partial charge in [-0.3, -0.25) is 4.79 Å². The van der Waals surface area contributed by atoms with Crippen LogP contribution in [0, 0.1) is 3.57 Å². The van der Waals surface area contributed by atoms with Gasteiger partial charge >= 0.3 is 0 Å². The molecule has 0 spiro atoms. The minimum absolute atomic E-state index is 0.0659. The lowest BCUT2D eigenvalue weighted by molar-refractivity contribution is 0.0675. The van der Waals surface area contributed by atoms with Gasteiger partial charge < -0.3 is 9.47 Å². The van der Waals surface area contributed by atoms with Crippen molar-refractivity contribution in [2.45, 2.75) is 13.0 Å². The Labute approximate surface area is 108 Å². The van der Waals surface area contributed by atoms with Crippen LogP contribution in [0.2, 0.25) is 0 Å². The van der Waals surface area contributed by atoms with Gasteiger partial charge in [0.05, 0.1) is 19.4 Å². The van der Waals surface area contributed by atoms with Crippen molar-refractivity contribution in [2.75, 3.05) is 26.9 Å². The van der Waals surface area contributed by atoms with Gasteiger partial charge in [0.1, 0.15) is 0 Å². The van der Waals surface area contributed by atoms with Gasteiger partial charge in [-0.15, -0.1) is 0 Å². The fraction of sp³-hybridized carbons (Fsp3) is 0.600. The predicted octanol–water partition coefficient (Wildman–Crippen LogP) is 0.901. The summed E-state index contributed by atoms with van der Waals surface area (Å²) < 4.78 is 12.4. The molecular weight excluding hydrogens is 323 g/mol. The summed E-state index contributed by atoms with van der Waals surface area (Å²) in [6.45, 7) is 2.39. The van der Waals surface area contributed by atoms with Crippen LogP contribution in [0.15, 0.2) is 17.1 Å². The number of ether oxygens (including phenoxy) is 2. The zero-order valence-corrected chi connectivity index (χ0v) is 11.3. The normalized spacial score (nSPS) is 10.6. The molecule has 0 saturated heterocycles. The van der Waals surface area contributed by atoms with Crippen molar-refractivity contribution in [2.24, 2.45) is 0 Å². The van der Waals surface area contributed by atoms with Crippen LogP contribution in [0.5, 0.6) is 0 Å². The molecule has 16 heavy (non-hydrogen) atoms. The summed E-state index contributed by atoms with van der Waals surface area (Å²) in [7, 11) is 1.64. The Hall–Kier alpha value is -0.470. The number of methoxy groups -OCH3 is 1. The van der Waals surface area contributed by atoms with Crippen molar-refractivity contribution in [1.82, 2.24) is 9.78 Å². The molecule has 0 aliphatic heterocycles. The van der Waals surface area contributed by atoms with Gasteiger partial charge in [-0.2, -0.15) is 5.10 Å². The molecule has 0 aromatic carbocycles. The molecule has 0 amide bonds. The molecule has 0 N–H and O–H groups in total. The van der Waals surface area contributed by atoms with E-state index in [0.717, 1.165) is 9.99 Å². The molecular formula is C10H15IN2O3. The lowest BCUT2D eigenvalue weighted by atomic mass is 10.4. The molecule has 0 aliphatic rings. The number of nitrogens with zero attached hydrogens (tertiary/aromatic N) is 2. The third-order valence-corrected chi connectivity index (χ3v) is 2.52. The van der Waals surface area contributed by atoms with Crippen LogP contribution < -0.4 is 5.56 Å². The minimum Gasteiger partial charge on any atom is -0.382 e. The van der Waals surface area contributed by atoms with Crippen LogP contribution in [-0.4, -0.2) is 36.7 Å². The Balaban J connectivity index is 2.24. The first-order chi connectivity index (χ1) is 7.74. The highest BCUT2D eigenvalue weighted by atomic mass is 127. The lowest BCUT2D eigenvalue weighted by Gasteiger charge is -2.05. The highest BCUT2D eigenvalue weighted by Gasteiger charge is 1.98. The first kappa shape index (κ1) is 13.6. The van der Waals surface area contributed by atoms with Crippen LogP contribution in [-0.2, 0) is 16.0 Å². The first-order valence-electron chi connectivity index (χ1n) is 5.03. The van der Waals surface area contributed by atoms with Crippen molar-refractivity contribution in [3.63, 3.8) is 0 Å². The third kappa shape index (κ3) is 5.04. The van der Waals surface area contributed by atoms with E-state index < -0.39 is 0 Å².